The highest BCUT2D eigenvalue weighted by atomic mass is 16.5. The van der Waals surface area contributed by atoms with E-state index >= 15 is 0 Å². The summed E-state index contributed by atoms with van der Waals surface area (Å²) in [5.41, 5.74) is 0.832. The van der Waals surface area contributed by atoms with Crippen molar-refractivity contribution in [3.05, 3.63) is 65.7 Å². The summed E-state index contributed by atoms with van der Waals surface area (Å²) in [5.74, 6) is -4.43. The van der Waals surface area contributed by atoms with E-state index in [0.29, 0.717) is 11.3 Å². The highest BCUT2D eigenvalue weighted by molar-refractivity contribution is 6.27. The van der Waals surface area contributed by atoms with Gasteiger partial charge in [0.15, 0.2) is 11.7 Å². The molecule has 2 aromatic rings. The van der Waals surface area contributed by atoms with Crippen LogP contribution in [-0.4, -0.2) is 30.7 Å². The van der Waals surface area contributed by atoms with E-state index in [1.807, 2.05) is 5.32 Å². The molecule has 3 rings (SSSR count). The van der Waals surface area contributed by atoms with Gasteiger partial charge in [0, 0.05) is 6.08 Å². The van der Waals surface area contributed by atoms with E-state index in [9.17, 15) is 19.2 Å². The fourth-order valence-electron chi connectivity index (χ4n) is 2.54. The molecule has 1 aliphatic heterocycles. The number of amides is 2. The summed E-state index contributed by atoms with van der Waals surface area (Å²) in [6, 6.07) is 13.0. The minimum absolute atomic E-state index is 0.0993. The van der Waals surface area contributed by atoms with Crippen molar-refractivity contribution < 1.29 is 28.7 Å². The van der Waals surface area contributed by atoms with Gasteiger partial charge in [0.05, 0.1) is 12.7 Å². The van der Waals surface area contributed by atoms with Crippen LogP contribution in [0.1, 0.15) is 15.9 Å². The molecule has 7 nitrogen and oxygen atoms in total. The van der Waals surface area contributed by atoms with Crippen molar-refractivity contribution >= 4 is 29.6 Å². The van der Waals surface area contributed by atoms with Crippen molar-refractivity contribution in [2.45, 2.75) is 0 Å². The summed E-state index contributed by atoms with van der Waals surface area (Å²) in [4.78, 5) is 48.5. The number of hydrogen-bond acceptors (Lipinski definition) is 6. The molecule has 2 aromatic carbocycles. The molecule has 1 unspecified atom stereocenters. The summed E-state index contributed by atoms with van der Waals surface area (Å²) in [7, 11) is 1.54. The van der Waals surface area contributed by atoms with Gasteiger partial charge in [-0.3, -0.25) is 24.5 Å². The van der Waals surface area contributed by atoms with E-state index in [0.717, 1.165) is 6.08 Å². The van der Waals surface area contributed by atoms with Gasteiger partial charge in [0.1, 0.15) is 11.5 Å². The van der Waals surface area contributed by atoms with Crippen molar-refractivity contribution in [2.75, 3.05) is 7.11 Å². The van der Waals surface area contributed by atoms with E-state index in [1.165, 1.54) is 18.2 Å². The van der Waals surface area contributed by atoms with Gasteiger partial charge in [0.2, 0.25) is 5.91 Å². The van der Waals surface area contributed by atoms with E-state index in [1.54, 1.807) is 43.5 Å². The van der Waals surface area contributed by atoms with Gasteiger partial charge >= 0.3 is 5.97 Å². The van der Waals surface area contributed by atoms with Gasteiger partial charge in [0.25, 0.3) is 5.91 Å². The quantitative estimate of drug-likeness (QED) is 0.384. The number of imide groups is 1. The van der Waals surface area contributed by atoms with Crippen LogP contribution in [0.25, 0.3) is 6.08 Å². The number of Topliss-reactive ketones (excluding diaryl/α,β-unsaturated/α-hetero) is 1. The SMILES string of the molecule is COc1ccc(/C=C\C(=O)NC(=O)C2C(=O)Oc3ccccc3C2=O)cc1. The van der Waals surface area contributed by atoms with Gasteiger partial charge in [-0.15, -0.1) is 0 Å². The van der Waals surface area contributed by atoms with E-state index in [2.05, 4.69) is 0 Å². The Balaban J connectivity index is 1.67. The molecule has 0 fully saturated rings. The molecule has 0 saturated heterocycles. The molecule has 0 aliphatic carbocycles. The molecule has 1 atom stereocenters. The molecule has 0 radical (unpaired) electrons. The molecule has 1 heterocycles. The number of para-hydroxylation sites is 1. The first-order valence-corrected chi connectivity index (χ1v) is 8.01. The normalized spacial score (nSPS) is 15.8. The van der Waals surface area contributed by atoms with Gasteiger partial charge in [-0.1, -0.05) is 24.3 Å². The van der Waals surface area contributed by atoms with Crippen LogP contribution in [0.5, 0.6) is 11.5 Å². The second kappa shape index (κ2) is 7.65. The zero-order valence-corrected chi connectivity index (χ0v) is 14.3. The third-order valence-corrected chi connectivity index (χ3v) is 3.91. The fourth-order valence-corrected chi connectivity index (χ4v) is 2.54. The molecule has 0 saturated carbocycles. The maximum absolute atomic E-state index is 12.4. The third kappa shape index (κ3) is 3.92. The maximum atomic E-state index is 12.4. The minimum Gasteiger partial charge on any atom is -0.497 e. The Hall–Kier alpha value is -3.74. The van der Waals surface area contributed by atoms with Crippen LogP contribution in [0, 0.1) is 5.92 Å². The first-order valence-electron chi connectivity index (χ1n) is 8.01. The lowest BCUT2D eigenvalue weighted by atomic mass is 9.93. The molecule has 0 bridgehead atoms. The Bertz CT molecular complexity index is 945. The van der Waals surface area contributed by atoms with Crippen molar-refractivity contribution in [3.8, 4) is 11.5 Å². The molecule has 0 aromatic heterocycles. The number of methoxy groups -OCH3 is 1. The van der Waals surface area contributed by atoms with Crippen molar-refractivity contribution in [2.24, 2.45) is 5.92 Å². The number of hydrogen-bond donors (Lipinski definition) is 1. The predicted molar refractivity (Wildman–Crippen MR) is 95.1 cm³/mol. The highest BCUT2D eigenvalue weighted by Gasteiger charge is 2.42. The minimum atomic E-state index is -1.71. The highest BCUT2D eigenvalue weighted by Crippen LogP contribution is 2.27. The lowest BCUT2D eigenvalue weighted by Gasteiger charge is -2.20. The van der Waals surface area contributed by atoms with Crippen LogP contribution in [0.3, 0.4) is 0 Å². The summed E-state index contributed by atoms with van der Waals surface area (Å²) in [6.45, 7) is 0. The molecular weight excluding hydrogens is 350 g/mol. The number of rotatable bonds is 4. The summed E-state index contributed by atoms with van der Waals surface area (Å²) >= 11 is 0. The van der Waals surface area contributed by atoms with Crippen molar-refractivity contribution in [1.29, 1.82) is 0 Å². The Morgan fingerprint density at radius 2 is 1.78 bits per heavy atom. The number of benzene rings is 2. The molecule has 1 aliphatic rings. The largest absolute Gasteiger partial charge is 0.497 e. The van der Waals surface area contributed by atoms with Crippen LogP contribution in [0.4, 0.5) is 0 Å². The van der Waals surface area contributed by atoms with Crippen LogP contribution >= 0.6 is 0 Å². The predicted octanol–water partition coefficient (Wildman–Crippen LogP) is 1.77. The smallest absolute Gasteiger partial charge is 0.332 e. The zero-order valence-electron chi connectivity index (χ0n) is 14.3. The Kier molecular flexibility index (Phi) is 5.12. The van der Waals surface area contributed by atoms with Crippen LogP contribution in [-0.2, 0) is 14.4 Å². The molecule has 27 heavy (non-hydrogen) atoms. The lowest BCUT2D eigenvalue weighted by Crippen LogP contribution is -2.46. The molecule has 1 N–H and O–H groups in total. The average Bonchev–Trinajstić information content (AvgIpc) is 2.66. The number of ether oxygens (including phenoxy) is 2. The molecule has 7 heteroatoms. The summed E-state index contributed by atoms with van der Waals surface area (Å²) in [6.07, 6.45) is 2.62. The van der Waals surface area contributed by atoms with Gasteiger partial charge in [-0.05, 0) is 35.9 Å². The Labute approximate surface area is 154 Å². The van der Waals surface area contributed by atoms with Crippen LogP contribution < -0.4 is 14.8 Å². The summed E-state index contributed by atoms with van der Waals surface area (Å²) < 4.78 is 10.0. The van der Waals surface area contributed by atoms with E-state index in [-0.39, 0.29) is 11.3 Å². The number of esters is 1. The van der Waals surface area contributed by atoms with E-state index in [4.69, 9.17) is 9.47 Å². The average molecular weight is 365 g/mol. The maximum Gasteiger partial charge on any atom is 0.332 e. The van der Waals surface area contributed by atoms with Crippen LogP contribution in [0.15, 0.2) is 54.6 Å². The fraction of sp³-hybridized carbons (Fsp3) is 0.100. The second-order valence-corrected chi connectivity index (χ2v) is 5.67. The monoisotopic (exact) mass is 365 g/mol. The number of carbonyl (C=O) groups is 4. The molecular formula is C20H15NO6. The Morgan fingerprint density at radius 3 is 2.48 bits per heavy atom. The molecule has 0 spiro atoms. The number of carbonyl (C=O) groups excluding carboxylic acids is 4. The van der Waals surface area contributed by atoms with Crippen LogP contribution in [0.2, 0.25) is 0 Å². The standard InChI is InChI=1S/C20H15NO6/c1-26-13-9-6-12(7-10-13)8-11-16(22)21-19(24)17-18(23)14-4-2-3-5-15(14)27-20(17)25/h2-11,17H,1H3,(H,21,22,24)/b11-8-. The third-order valence-electron chi connectivity index (χ3n) is 3.91. The van der Waals surface area contributed by atoms with Gasteiger partial charge in [-0.25, -0.2) is 0 Å². The van der Waals surface area contributed by atoms with Gasteiger partial charge in [-0.2, -0.15) is 0 Å². The van der Waals surface area contributed by atoms with Crippen molar-refractivity contribution in [1.82, 2.24) is 5.32 Å². The number of nitrogens with one attached hydrogen (secondary N) is 1. The number of ketones is 1. The second-order valence-electron chi connectivity index (χ2n) is 5.67. The van der Waals surface area contributed by atoms with Gasteiger partial charge < -0.3 is 9.47 Å². The first-order chi connectivity index (χ1) is 13.0. The van der Waals surface area contributed by atoms with E-state index < -0.39 is 29.5 Å². The first kappa shape index (κ1) is 18.1. The number of fused-ring (bicyclic) bond motifs is 1. The zero-order chi connectivity index (χ0) is 19.4. The lowest BCUT2D eigenvalue weighted by molar-refractivity contribution is -0.143. The molecule has 136 valence electrons. The Morgan fingerprint density at radius 1 is 1.07 bits per heavy atom. The summed E-state index contributed by atoms with van der Waals surface area (Å²) in [5, 5.41) is 2.02. The van der Waals surface area contributed by atoms with Crippen molar-refractivity contribution in [3.63, 3.8) is 0 Å². The molecule has 2 amide bonds. The topological polar surface area (TPSA) is 98.8 Å².